The zero-order valence-electron chi connectivity index (χ0n) is 22.2. The molecule has 3 heterocycles. The first-order chi connectivity index (χ1) is 19.9. The number of ketones is 3. The number of benzene rings is 3. The Hall–Kier alpha value is -4.20. The summed E-state index contributed by atoms with van der Waals surface area (Å²) in [6.45, 7) is 0. The molecule has 1 fully saturated rings. The van der Waals surface area contributed by atoms with Gasteiger partial charge in [0.15, 0.2) is 17.3 Å². The third-order valence-corrected chi connectivity index (χ3v) is 9.69. The van der Waals surface area contributed by atoms with Crippen LogP contribution in [0.3, 0.4) is 0 Å². The van der Waals surface area contributed by atoms with Gasteiger partial charge in [0.2, 0.25) is 0 Å². The molecule has 204 valence electrons. The van der Waals surface area contributed by atoms with Crippen molar-refractivity contribution in [1.29, 1.82) is 0 Å². The predicted octanol–water partition coefficient (Wildman–Crippen LogP) is 6.74. The number of fused-ring (bicyclic) bond motifs is 5. The molecular formula is C33H24ClNO5S. The Bertz CT molecular complexity index is 1740. The molecule has 1 aliphatic carbocycles. The van der Waals surface area contributed by atoms with Crippen LogP contribution in [0.1, 0.15) is 47.4 Å². The second-order valence-corrected chi connectivity index (χ2v) is 11.7. The van der Waals surface area contributed by atoms with Crippen molar-refractivity contribution in [3.05, 3.63) is 116 Å². The number of hydrogen-bond acceptors (Lipinski definition) is 7. The van der Waals surface area contributed by atoms with Crippen molar-refractivity contribution in [3.63, 3.8) is 0 Å². The molecular weight excluding hydrogens is 558 g/mol. The van der Waals surface area contributed by atoms with E-state index in [2.05, 4.69) is 0 Å². The average Bonchev–Trinajstić information content (AvgIpc) is 3.70. The average molecular weight is 582 g/mol. The van der Waals surface area contributed by atoms with Crippen LogP contribution < -0.4 is 14.4 Å². The maximum atomic E-state index is 14.8. The summed E-state index contributed by atoms with van der Waals surface area (Å²) in [5, 5.41) is 2.40. The van der Waals surface area contributed by atoms with Gasteiger partial charge >= 0.3 is 0 Å². The molecule has 1 spiro atoms. The molecule has 6 nitrogen and oxygen atoms in total. The van der Waals surface area contributed by atoms with E-state index in [1.54, 1.807) is 68.8 Å². The largest absolute Gasteiger partial charge is 0.497 e. The molecule has 3 aliphatic rings. The number of hydrogen-bond donors (Lipinski definition) is 0. The highest BCUT2D eigenvalue weighted by molar-refractivity contribution is 7.12. The van der Waals surface area contributed by atoms with Gasteiger partial charge in [-0.3, -0.25) is 14.4 Å². The zero-order chi connectivity index (χ0) is 28.5. The van der Waals surface area contributed by atoms with Crippen LogP contribution in [0.4, 0.5) is 5.69 Å². The summed E-state index contributed by atoms with van der Waals surface area (Å²) in [7, 11) is 3.10. The molecule has 0 bridgehead atoms. The minimum absolute atomic E-state index is 0.176. The van der Waals surface area contributed by atoms with Crippen molar-refractivity contribution in [2.24, 2.45) is 5.41 Å². The van der Waals surface area contributed by atoms with E-state index >= 15 is 0 Å². The van der Waals surface area contributed by atoms with Crippen LogP contribution in [0.5, 0.6) is 11.5 Å². The minimum atomic E-state index is -1.63. The number of thiophene rings is 1. The Kier molecular flexibility index (Phi) is 5.92. The highest BCUT2D eigenvalue weighted by Crippen LogP contribution is 2.62. The van der Waals surface area contributed by atoms with Gasteiger partial charge in [-0.1, -0.05) is 54.1 Å². The molecule has 2 aliphatic heterocycles. The molecule has 1 saturated heterocycles. The van der Waals surface area contributed by atoms with E-state index in [-0.39, 0.29) is 17.3 Å². The topological polar surface area (TPSA) is 72.9 Å². The van der Waals surface area contributed by atoms with Gasteiger partial charge in [0.25, 0.3) is 0 Å². The lowest BCUT2D eigenvalue weighted by atomic mass is 9.64. The van der Waals surface area contributed by atoms with Gasteiger partial charge in [-0.25, -0.2) is 0 Å². The quantitative estimate of drug-likeness (QED) is 0.192. The van der Waals surface area contributed by atoms with Gasteiger partial charge < -0.3 is 14.4 Å². The van der Waals surface area contributed by atoms with Crippen molar-refractivity contribution >= 4 is 52.1 Å². The Balaban J connectivity index is 1.59. The zero-order valence-corrected chi connectivity index (χ0v) is 23.7. The Morgan fingerprint density at radius 2 is 1.68 bits per heavy atom. The lowest BCUT2D eigenvalue weighted by Crippen LogP contribution is -2.48. The fourth-order valence-corrected chi connectivity index (χ4v) is 7.82. The lowest BCUT2D eigenvalue weighted by molar-refractivity contribution is 0.0664. The second-order valence-electron chi connectivity index (χ2n) is 10.4. The van der Waals surface area contributed by atoms with Crippen molar-refractivity contribution in [2.75, 3.05) is 19.1 Å². The molecule has 41 heavy (non-hydrogen) atoms. The molecule has 3 aromatic carbocycles. The highest BCUT2D eigenvalue weighted by atomic mass is 35.5. The summed E-state index contributed by atoms with van der Waals surface area (Å²) >= 11 is 7.70. The number of ether oxygens (including phenoxy) is 2. The maximum absolute atomic E-state index is 14.8. The van der Waals surface area contributed by atoms with Gasteiger partial charge in [-0.05, 0) is 53.4 Å². The molecule has 3 atom stereocenters. The molecule has 1 aromatic heterocycles. The van der Waals surface area contributed by atoms with Crippen molar-refractivity contribution in [2.45, 2.75) is 18.0 Å². The molecule has 8 heteroatoms. The SMILES string of the molecule is COc1ccc(OC)c([C@@H]2[C@@H](C(=O)c3cccs3)N3c4ccc(Cl)cc4C=C[C@H]3C23C(=O)c2ccccc2C3=O)c1. The Morgan fingerprint density at radius 3 is 2.34 bits per heavy atom. The lowest BCUT2D eigenvalue weighted by Gasteiger charge is -2.37. The summed E-state index contributed by atoms with van der Waals surface area (Å²) in [4.78, 5) is 46.6. The van der Waals surface area contributed by atoms with E-state index < -0.39 is 23.4 Å². The minimum Gasteiger partial charge on any atom is -0.497 e. The van der Waals surface area contributed by atoms with Gasteiger partial charge in [0, 0.05) is 33.3 Å². The van der Waals surface area contributed by atoms with Crippen LogP contribution in [-0.4, -0.2) is 43.7 Å². The highest BCUT2D eigenvalue weighted by Gasteiger charge is 2.72. The number of anilines is 1. The summed E-state index contributed by atoms with van der Waals surface area (Å²) in [6, 6.07) is 19.6. The van der Waals surface area contributed by atoms with Crippen LogP contribution in [0, 0.1) is 5.41 Å². The van der Waals surface area contributed by atoms with Crippen molar-refractivity contribution < 1.29 is 23.9 Å². The number of halogens is 1. The number of carbonyl (C=O) groups is 3. The molecule has 4 aromatic rings. The summed E-state index contributed by atoms with van der Waals surface area (Å²) < 4.78 is 11.4. The predicted molar refractivity (Wildman–Crippen MR) is 159 cm³/mol. The summed E-state index contributed by atoms with van der Waals surface area (Å²) in [6.07, 6.45) is 3.77. The van der Waals surface area contributed by atoms with E-state index in [0.717, 1.165) is 11.3 Å². The number of carbonyl (C=O) groups excluding carboxylic acids is 3. The first-order valence-corrected chi connectivity index (χ1v) is 14.4. The van der Waals surface area contributed by atoms with Crippen molar-refractivity contribution in [3.8, 4) is 11.5 Å². The van der Waals surface area contributed by atoms with Gasteiger partial charge in [-0.2, -0.15) is 0 Å². The fourth-order valence-electron chi connectivity index (χ4n) is 6.94. The van der Waals surface area contributed by atoms with E-state index in [9.17, 15) is 14.4 Å². The first kappa shape index (κ1) is 25.7. The van der Waals surface area contributed by atoms with Gasteiger partial charge in [-0.15, -0.1) is 11.3 Å². The smallest absolute Gasteiger partial charge is 0.195 e. The molecule has 0 radical (unpaired) electrons. The van der Waals surface area contributed by atoms with Crippen LogP contribution >= 0.6 is 22.9 Å². The van der Waals surface area contributed by atoms with Gasteiger partial charge in [0.05, 0.1) is 25.1 Å². The monoisotopic (exact) mass is 581 g/mol. The number of rotatable bonds is 5. The van der Waals surface area contributed by atoms with E-state index in [0.29, 0.717) is 38.1 Å². The molecule has 0 unspecified atom stereocenters. The number of Topliss-reactive ketones (excluding diaryl/α,β-unsaturated/α-hetero) is 3. The van der Waals surface area contributed by atoms with Crippen molar-refractivity contribution in [1.82, 2.24) is 0 Å². The van der Waals surface area contributed by atoms with Crippen LogP contribution in [0.15, 0.2) is 84.3 Å². The standard InChI is InChI=1S/C33H24ClNO5S/c1-39-20-11-13-25(40-2)23(17-20)28-29(30(36)26-8-5-15-41-26)35-24-12-10-19(34)16-18(24)9-14-27(35)33(28)31(37)21-6-3-4-7-22(21)32(33)38/h3-17,27-29H,1-2H3/t27-,28+,29-/m0/s1. The van der Waals surface area contributed by atoms with E-state index in [1.165, 1.54) is 11.3 Å². The van der Waals surface area contributed by atoms with E-state index in [1.807, 2.05) is 40.6 Å². The number of nitrogens with zero attached hydrogens (tertiary/aromatic N) is 1. The molecule has 0 N–H and O–H groups in total. The number of methoxy groups -OCH3 is 2. The fraction of sp³-hybridized carbons (Fsp3) is 0.182. The van der Waals surface area contributed by atoms with Crippen LogP contribution in [0.2, 0.25) is 5.02 Å². The molecule has 7 rings (SSSR count). The normalized spacial score (nSPS) is 21.5. The van der Waals surface area contributed by atoms with Crippen LogP contribution in [-0.2, 0) is 0 Å². The maximum Gasteiger partial charge on any atom is 0.195 e. The van der Waals surface area contributed by atoms with E-state index in [4.69, 9.17) is 21.1 Å². The van der Waals surface area contributed by atoms with Gasteiger partial charge in [0.1, 0.15) is 23.0 Å². The summed E-state index contributed by atoms with van der Waals surface area (Å²) in [5.41, 5.74) is 1.20. The second kappa shape index (κ2) is 9.43. The Labute approximate surface area is 245 Å². The first-order valence-electron chi connectivity index (χ1n) is 13.2. The molecule has 0 saturated carbocycles. The van der Waals surface area contributed by atoms with Crippen LogP contribution in [0.25, 0.3) is 6.08 Å². The third kappa shape index (κ3) is 3.46. The summed E-state index contributed by atoms with van der Waals surface area (Å²) in [5.74, 6) is -0.675. The Morgan fingerprint density at radius 1 is 0.927 bits per heavy atom. The molecule has 0 amide bonds. The third-order valence-electron chi connectivity index (χ3n) is 8.57.